The van der Waals surface area contributed by atoms with Crippen LogP contribution in [-0.2, 0) is 28.9 Å². The average Bonchev–Trinajstić information content (AvgIpc) is 3.10. The van der Waals surface area contributed by atoms with Crippen molar-refractivity contribution in [3.05, 3.63) is 21.8 Å². The highest BCUT2D eigenvalue weighted by Gasteiger charge is 2.26. The molecule has 1 amide bonds. The number of ether oxygens (including phenoxy) is 1. The summed E-state index contributed by atoms with van der Waals surface area (Å²) in [5.74, 6) is 0.543. The largest absolute Gasteiger partial charge is 0.462 e. The van der Waals surface area contributed by atoms with Gasteiger partial charge in [0.1, 0.15) is 10.8 Å². The Balaban J connectivity index is 1.75. The highest BCUT2D eigenvalue weighted by molar-refractivity contribution is 7.99. The third-order valence-corrected chi connectivity index (χ3v) is 6.88. The van der Waals surface area contributed by atoms with Crippen molar-refractivity contribution in [1.29, 1.82) is 0 Å². The lowest BCUT2D eigenvalue weighted by molar-refractivity contribution is -0.113. The average molecular weight is 423 g/mol. The van der Waals surface area contributed by atoms with Gasteiger partial charge >= 0.3 is 5.97 Å². The molecular weight excluding hydrogens is 396 g/mol. The molecule has 7 nitrogen and oxygen atoms in total. The standard InChI is InChI=1S/C19H26N4O3S2/c1-4-23-12(3)21-22-19(23)27-11-15(24)20-17-16(18(25)26-5-2)13-9-7-6-8-10-14(13)28-17/h4-11H2,1-3H3,(H,20,24). The molecular formula is C19H26N4O3S2. The van der Waals surface area contributed by atoms with E-state index in [1.165, 1.54) is 34.4 Å². The van der Waals surface area contributed by atoms with Gasteiger partial charge in [0.25, 0.3) is 0 Å². The summed E-state index contributed by atoms with van der Waals surface area (Å²) in [5.41, 5.74) is 1.61. The summed E-state index contributed by atoms with van der Waals surface area (Å²) >= 11 is 2.86. The van der Waals surface area contributed by atoms with Gasteiger partial charge in [-0.15, -0.1) is 21.5 Å². The summed E-state index contributed by atoms with van der Waals surface area (Å²) in [7, 11) is 0. The normalized spacial score (nSPS) is 13.7. The molecule has 9 heteroatoms. The second kappa shape index (κ2) is 9.56. The quantitative estimate of drug-likeness (QED) is 0.414. The second-order valence-corrected chi connectivity index (χ2v) is 8.65. The van der Waals surface area contributed by atoms with Crippen molar-refractivity contribution >= 4 is 40.0 Å². The minimum Gasteiger partial charge on any atom is -0.462 e. The molecule has 0 saturated carbocycles. The zero-order chi connectivity index (χ0) is 20.1. The van der Waals surface area contributed by atoms with E-state index in [4.69, 9.17) is 4.74 Å². The fourth-order valence-corrected chi connectivity index (χ4v) is 5.52. The lowest BCUT2D eigenvalue weighted by atomic mass is 10.1. The number of thiophene rings is 1. The van der Waals surface area contributed by atoms with Gasteiger partial charge in [-0.05, 0) is 52.0 Å². The van der Waals surface area contributed by atoms with Crippen molar-refractivity contribution in [3.63, 3.8) is 0 Å². The first-order valence-corrected chi connectivity index (χ1v) is 11.5. The molecule has 1 N–H and O–H groups in total. The molecule has 28 heavy (non-hydrogen) atoms. The Labute approximate surface area is 173 Å². The number of nitrogens with one attached hydrogen (secondary N) is 1. The van der Waals surface area contributed by atoms with E-state index in [1.807, 2.05) is 18.4 Å². The fourth-order valence-electron chi connectivity index (χ4n) is 3.38. The van der Waals surface area contributed by atoms with E-state index in [0.717, 1.165) is 48.8 Å². The van der Waals surface area contributed by atoms with Crippen molar-refractivity contribution in [1.82, 2.24) is 14.8 Å². The first-order valence-electron chi connectivity index (χ1n) is 9.69. The van der Waals surface area contributed by atoms with Crippen LogP contribution in [0.2, 0.25) is 0 Å². The molecule has 0 aromatic carbocycles. The number of thioether (sulfide) groups is 1. The molecule has 2 aromatic rings. The molecule has 0 spiro atoms. The maximum absolute atomic E-state index is 12.6. The van der Waals surface area contributed by atoms with E-state index in [-0.39, 0.29) is 17.6 Å². The van der Waals surface area contributed by atoms with Crippen LogP contribution in [0.5, 0.6) is 0 Å². The Bertz CT molecular complexity index is 860. The van der Waals surface area contributed by atoms with Gasteiger partial charge in [-0.2, -0.15) is 0 Å². The van der Waals surface area contributed by atoms with E-state index in [2.05, 4.69) is 15.5 Å². The molecule has 0 atom stereocenters. The molecule has 0 unspecified atom stereocenters. The highest BCUT2D eigenvalue weighted by atomic mass is 32.2. The third-order valence-electron chi connectivity index (χ3n) is 4.70. The zero-order valence-electron chi connectivity index (χ0n) is 16.5. The number of nitrogens with zero attached hydrogens (tertiary/aromatic N) is 3. The first-order chi connectivity index (χ1) is 13.5. The van der Waals surface area contributed by atoms with E-state index < -0.39 is 0 Å². The van der Waals surface area contributed by atoms with Crippen LogP contribution in [0.15, 0.2) is 5.16 Å². The number of aryl methyl sites for hydroxylation is 2. The third kappa shape index (κ3) is 4.57. The highest BCUT2D eigenvalue weighted by Crippen LogP contribution is 2.38. The molecule has 0 saturated heterocycles. The van der Waals surface area contributed by atoms with Crippen LogP contribution in [0.3, 0.4) is 0 Å². The van der Waals surface area contributed by atoms with Crippen molar-refractivity contribution in [3.8, 4) is 0 Å². The smallest absolute Gasteiger partial charge is 0.341 e. The molecule has 0 radical (unpaired) electrons. The number of hydrogen-bond donors (Lipinski definition) is 1. The number of hydrogen-bond acceptors (Lipinski definition) is 7. The van der Waals surface area contributed by atoms with Crippen LogP contribution in [0.25, 0.3) is 0 Å². The molecule has 0 bridgehead atoms. The fraction of sp³-hybridized carbons (Fsp3) is 0.579. The predicted molar refractivity (Wildman–Crippen MR) is 111 cm³/mol. The van der Waals surface area contributed by atoms with Gasteiger partial charge in [0.05, 0.1) is 17.9 Å². The molecule has 1 aliphatic rings. The van der Waals surface area contributed by atoms with Crippen LogP contribution < -0.4 is 5.32 Å². The molecule has 2 heterocycles. The maximum atomic E-state index is 12.6. The Hall–Kier alpha value is -1.87. The van der Waals surface area contributed by atoms with Crippen LogP contribution in [0, 0.1) is 6.92 Å². The van der Waals surface area contributed by atoms with Crippen LogP contribution in [0.1, 0.15) is 59.7 Å². The van der Waals surface area contributed by atoms with Crippen LogP contribution in [-0.4, -0.2) is 39.0 Å². The van der Waals surface area contributed by atoms with E-state index in [1.54, 1.807) is 6.92 Å². The molecule has 0 fully saturated rings. The van der Waals surface area contributed by atoms with Gasteiger partial charge in [0.15, 0.2) is 5.16 Å². The number of carbonyl (C=O) groups is 2. The summed E-state index contributed by atoms with van der Waals surface area (Å²) in [5, 5.41) is 12.5. The van der Waals surface area contributed by atoms with Gasteiger partial charge in [-0.1, -0.05) is 18.2 Å². The van der Waals surface area contributed by atoms with Crippen molar-refractivity contribution in [2.24, 2.45) is 0 Å². The predicted octanol–water partition coefficient (Wildman–Crippen LogP) is 3.84. The first kappa shape index (κ1) is 20.9. The lowest BCUT2D eigenvalue weighted by Crippen LogP contribution is -2.17. The molecule has 2 aromatic heterocycles. The van der Waals surface area contributed by atoms with Crippen LogP contribution in [0.4, 0.5) is 5.00 Å². The Morgan fingerprint density at radius 3 is 2.75 bits per heavy atom. The molecule has 3 rings (SSSR count). The monoisotopic (exact) mass is 422 g/mol. The van der Waals surface area contributed by atoms with Gasteiger partial charge in [-0.3, -0.25) is 4.79 Å². The summed E-state index contributed by atoms with van der Waals surface area (Å²) in [6, 6.07) is 0. The summed E-state index contributed by atoms with van der Waals surface area (Å²) in [4.78, 5) is 26.3. The molecule has 1 aliphatic carbocycles. The SMILES string of the molecule is CCOC(=O)c1c(NC(=O)CSc2nnc(C)n2CC)sc2c1CCCCC2. The maximum Gasteiger partial charge on any atom is 0.341 e. The van der Waals surface area contributed by atoms with Crippen molar-refractivity contribution in [2.75, 3.05) is 17.7 Å². The van der Waals surface area contributed by atoms with Gasteiger partial charge in [0.2, 0.25) is 5.91 Å². The Kier molecular flexibility index (Phi) is 7.12. The minimum absolute atomic E-state index is 0.157. The van der Waals surface area contributed by atoms with E-state index in [0.29, 0.717) is 17.2 Å². The Morgan fingerprint density at radius 2 is 2.00 bits per heavy atom. The second-order valence-electron chi connectivity index (χ2n) is 6.60. The van der Waals surface area contributed by atoms with Gasteiger partial charge < -0.3 is 14.6 Å². The summed E-state index contributed by atoms with van der Waals surface area (Å²) in [6.45, 7) is 6.78. The topological polar surface area (TPSA) is 86.1 Å². The number of amides is 1. The number of fused-ring (bicyclic) bond motifs is 1. The molecule has 152 valence electrons. The number of rotatable bonds is 7. The van der Waals surface area contributed by atoms with Crippen molar-refractivity contribution in [2.45, 2.75) is 64.6 Å². The number of anilines is 1. The minimum atomic E-state index is -0.341. The van der Waals surface area contributed by atoms with E-state index >= 15 is 0 Å². The zero-order valence-corrected chi connectivity index (χ0v) is 18.2. The van der Waals surface area contributed by atoms with Crippen molar-refractivity contribution < 1.29 is 14.3 Å². The summed E-state index contributed by atoms with van der Waals surface area (Å²) in [6.07, 6.45) is 5.16. The number of esters is 1. The lowest BCUT2D eigenvalue weighted by Gasteiger charge is -2.09. The molecule has 0 aliphatic heterocycles. The van der Waals surface area contributed by atoms with E-state index in [9.17, 15) is 9.59 Å². The number of aromatic nitrogens is 3. The number of carbonyl (C=O) groups excluding carboxylic acids is 2. The summed E-state index contributed by atoms with van der Waals surface area (Å²) < 4.78 is 7.23. The van der Waals surface area contributed by atoms with Gasteiger partial charge in [0, 0.05) is 11.4 Å². The van der Waals surface area contributed by atoms with Crippen LogP contribution >= 0.6 is 23.1 Å². The Morgan fingerprint density at radius 1 is 1.21 bits per heavy atom. The van der Waals surface area contributed by atoms with Gasteiger partial charge in [-0.25, -0.2) is 4.79 Å².